The molecular formula is C22H27N5O8. The number of nitrogens with zero attached hydrogens (tertiary/aromatic N) is 4. The molecule has 0 aliphatic carbocycles. The van der Waals surface area contributed by atoms with Crippen LogP contribution in [-0.4, -0.2) is 82.0 Å². The van der Waals surface area contributed by atoms with E-state index in [1.807, 2.05) is 0 Å². The summed E-state index contributed by atoms with van der Waals surface area (Å²) < 4.78 is 13.6. The summed E-state index contributed by atoms with van der Waals surface area (Å²) in [6.07, 6.45) is 5.00. The maximum Gasteiger partial charge on any atom is 0.414 e. The summed E-state index contributed by atoms with van der Waals surface area (Å²) in [4.78, 5) is 44.7. The fraction of sp³-hybridized carbons (Fsp3) is 0.409. The Kier molecular flexibility index (Phi) is 9.85. The van der Waals surface area contributed by atoms with Gasteiger partial charge in [0.2, 0.25) is 5.91 Å². The van der Waals surface area contributed by atoms with Crippen LogP contribution in [0.2, 0.25) is 0 Å². The van der Waals surface area contributed by atoms with Crippen molar-refractivity contribution in [3.8, 4) is 23.3 Å². The lowest BCUT2D eigenvalue weighted by Gasteiger charge is -2.19. The highest BCUT2D eigenvalue weighted by Crippen LogP contribution is 2.28. The molecule has 0 saturated carbocycles. The van der Waals surface area contributed by atoms with Gasteiger partial charge in [0.25, 0.3) is 0 Å². The molecule has 3 rings (SSSR count). The van der Waals surface area contributed by atoms with E-state index in [2.05, 4.69) is 11.4 Å². The number of carboxylic acid groups (broad SMARTS) is 2. The van der Waals surface area contributed by atoms with Crippen LogP contribution in [0.5, 0.6) is 11.5 Å². The highest BCUT2D eigenvalue weighted by atomic mass is 16.5. The average molecular weight is 489 g/mol. The first-order valence-corrected chi connectivity index (χ1v) is 10.6. The Labute approximate surface area is 200 Å². The predicted molar refractivity (Wildman–Crippen MR) is 122 cm³/mol. The van der Waals surface area contributed by atoms with E-state index in [0.717, 1.165) is 12.8 Å². The van der Waals surface area contributed by atoms with Crippen LogP contribution in [0.4, 0.5) is 0 Å². The van der Waals surface area contributed by atoms with E-state index in [9.17, 15) is 9.59 Å². The number of benzene rings is 1. The van der Waals surface area contributed by atoms with Gasteiger partial charge < -0.3 is 29.9 Å². The van der Waals surface area contributed by atoms with Gasteiger partial charge in [0.1, 0.15) is 6.04 Å². The number of ether oxygens (including phenoxy) is 2. The Balaban J connectivity index is 0.000000641. The van der Waals surface area contributed by atoms with E-state index in [4.69, 9.17) is 34.5 Å². The summed E-state index contributed by atoms with van der Waals surface area (Å²) in [5.41, 5.74) is 0.487. The third kappa shape index (κ3) is 7.08. The van der Waals surface area contributed by atoms with Crippen LogP contribution < -0.4 is 20.5 Å². The van der Waals surface area contributed by atoms with Gasteiger partial charge in [0.05, 0.1) is 32.5 Å². The number of carbonyl (C=O) groups is 3. The minimum Gasteiger partial charge on any atom is -0.493 e. The first kappa shape index (κ1) is 26.9. The Morgan fingerprint density at radius 3 is 2.43 bits per heavy atom. The molecule has 1 aliphatic heterocycles. The lowest BCUT2D eigenvalue weighted by molar-refractivity contribution is -0.159. The number of nitriles is 1. The van der Waals surface area contributed by atoms with Crippen LogP contribution in [-0.2, 0) is 20.9 Å². The van der Waals surface area contributed by atoms with E-state index in [1.165, 1.54) is 4.57 Å². The smallest absolute Gasteiger partial charge is 0.414 e. The molecule has 1 amide bonds. The molecule has 1 unspecified atom stereocenters. The lowest BCUT2D eigenvalue weighted by atomic mass is 10.2. The fourth-order valence-electron chi connectivity index (χ4n) is 3.45. The Hall–Kier alpha value is -4.31. The van der Waals surface area contributed by atoms with Gasteiger partial charge in [-0.05, 0) is 25.0 Å². The summed E-state index contributed by atoms with van der Waals surface area (Å²) in [7, 11) is 3.10. The second kappa shape index (κ2) is 12.8. The fourth-order valence-corrected chi connectivity index (χ4v) is 3.45. The standard InChI is InChI=1S/C20H25N5O4.C2H2O4/c1-28-17-6-5-15(12-18(17)29-2)25-11-10-23(20(25)27)9-7-22-14-19(26)24-8-3-4-16(24)13-21;3-1(4)2(5)6/h5-6,10-12,16,22H,3-4,7-9,14H2,1-2H3;(H,3,4)(H,5,6). The second-order valence-corrected chi connectivity index (χ2v) is 7.34. The van der Waals surface area contributed by atoms with Gasteiger partial charge in [-0.3, -0.25) is 13.9 Å². The summed E-state index contributed by atoms with van der Waals surface area (Å²) in [6.45, 7) is 1.68. The molecule has 0 bridgehead atoms. The van der Waals surface area contributed by atoms with Gasteiger partial charge in [-0.15, -0.1) is 0 Å². The number of aliphatic carboxylic acids is 2. The third-order valence-electron chi connectivity index (χ3n) is 5.20. The molecule has 2 heterocycles. The molecule has 2 aromatic rings. The molecule has 3 N–H and O–H groups in total. The van der Waals surface area contributed by atoms with Crippen LogP contribution in [0.25, 0.3) is 5.69 Å². The van der Waals surface area contributed by atoms with Crippen molar-refractivity contribution in [2.45, 2.75) is 25.4 Å². The highest BCUT2D eigenvalue weighted by Gasteiger charge is 2.27. The SMILES string of the molecule is COc1ccc(-n2ccn(CCNCC(=O)N3CCCC3C#N)c2=O)cc1OC.O=C(O)C(=O)O. The zero-order valence-electron chi connectivity index (χ0n) is 19.3. The first-order chi connectivity index (χ1) is 16.7. The number of nitrogens with one attached hydrogen (secondary N) is 1. The van der Waals surface area contributed by atoms with Gasteiger partial charge in [-0.25, -0.2) is 14.4 Å². The highest BCUT2D eigenvalue weighted by molar-refractivity contribution is 6.27. The summed E-state index contributed by atoms with van der Waals surface area (Å²) in [6, 6.07) is 7.12. The van der Waals surface area contributed by atoms with Crippen molar-refractivity contribution in [3.05, 3.63) is 41.1 Å². The van der Waals surface area contributed by atoms with E-state index >= 15 is 0 Å². The zero-order chi connectivity index (χ0) is 26.0. The number of hydrogen-bond acceptors (Lipinski definition) is 8. The van der Waals surface area contributed by atoms with E-state index in [1.54, 1.807) is 54.3 Å². The number of likely N-dealkylation sites (tertiary alicyclic amines) is 1. The van der Waals surface area contributed by atoms with Crippen LogP contribution in [0.15, 0.2) is 35.4 Å². The lowest BCUT2D eigenvalue weighted by Crippen LogP contribution is -2.41. The zero-order valence-corrected chi connectivity index (χ0v) is 19.3. The largest absolute Gasteiger partial charge is 0.493 e. The molecule has 1 fully saturated rings. The Morgan fingerprint density at radius 1 is 1.14 bits per heavy atom. The minimum absolute atomic E-state index is 0.0794. The molecule has 188 valence electrons. The normalized spacial score (nSPS) is 14.4. The second-order valence-electron chi connectivity index (χ2n) is 7.34. The van der Waals surface area contributed by atoms with Crippen LogP contribution in [0, 0.1) is 11.3 Å². The van der Waals surface area contributed by atoms with Crippen molar-refractivity contribution >= 4 is 17.8 Å². The molecule has 1 aliphatic rings. The predicted octanol–water partition coefficient (Wildman–Crippen LogP) is -0.0840. The van der Waals surface area contributed by atoms with E-state index < -0.39 is 11.9 Å². The van der Waals surface area contributed by atoms with Crippen LogP contribution in [0.3, 0.4) is 0 Å². The number of methoxy groups -OCH3 is 2. The maximum absolute atomic E-state index is 12.7. The minimum atomic E-state index is -1.82. The summed E-state index contributed by atoms with van der Waals surface area (Å²) in [5, 5.41) is 26.9. The van der Waals surface area contributed by atoms with Gasteiger partial charge in [-0.2, -0.15) is 5.26 Å². The van der Waals surface area contributed by atoms with Crippen molar-refractivity contribution < 1.29 is 34.1 Å². The monoisotopic (exact) mass is 489 g/mol. The maximum atomic E-state index is 12.7. The molecule has 13 heteroatoms. The number of aromatic nitrogens is 2. The molecule has 13 nitrogen and oxygen atoms in total. The quantitative estimate of drug-likeness (QED) is 0.336. The number of imidazole rings is 1. The number of carbonyl (C=O) groups excluding carboxylic acids is 1. The van der Waals surface area contributed by atoms with Crippen molar-refractivity contribution in [1.29, 1.82) is 5.26 Å². The van der Waals surface area contributed by atoms with Crippen molar-refractivity contribution in [3.63, 3.8) is 0 Å². The third-order valence-corrected chi connectivity index (χ3v) is 5.20. The number of hydrogen-bond donors (Lipinski definition) is 3. The van der Waals surface area contributed by atoms with Crippen LogP contribution >= 0.6 is 0 Å². The molecule has 1 aromatic carbocycles. The van der Waals surface area contributed by atoms with Gasteiger partial charge in [0.15, 0.2) is 11.5 Å². The first-order valence-electron chi connectivity index (χ1n) is 10.6. The molecule has 1 atom stereocenters. The number of amides is 1. The topological polar surface area (TPSA) is 176 Å². The van der Waals surface area contributed by atoms with Crippen molar-refractivity contribution in [2.24, 2.45) is 0 Å². The molecule has 1 aromatic heterocycles. The van der Waals surface area contributed by atoms with Gasteiger partial charge in [-0.1, -0.05) is 0 Å². The van der Waals surface area contributed by atoms with E-state index in [0.29, 0.717) is 36.8 Å². The van der Waals surface area contributed by atoms with E-state index in [-0.39, 0.29) is 24.2 Å². The van der Waals surface area contributed by atoms with Gasteiger partial charge >= 0.3 is 17.6 Å². The number of rotatable bonds is 8. The van der Waals surface area contributed by atoms with Crippen LogP contribution in [0.1, 0.15) is 12.8 Å². The van der Waals surface area contributed by atoms with Gasteiger partial charge in [0, 0.05) is 38.1 Å². The molecule has 0 radical (unpaired) electrons. The molecular weight excluding hydrogens is 462 g/mol. The van der Waals surface area contributed by atoms with Crippen molar-refractivity contribution in [2.75, 3.05) is 33.9 Å². The summed E-state index contributed by atoms with van der Waals surface area (Å²) in [5.74, 6) is -2.59. The van der Waals surface area contributed by atoms with Crippen molar-refractivity contribution in [1.82, 2.24) is 19.4 Å². The molecule has 35 heavy (non-hydrogen) atoms. The molecule has 1 saturated heterocycles. The number of carboxylic acids is 2. The average Bonchev–Trinajstić information content (AvgIpc) is 3.48. The Morgan fingerprint density at radius 2 is 1.83 bits per heavy atom. The summed E-state index contributed by atoms with van der Waals surface area (Å²) >= 11 is 0. The molecule has 0 spiro atoms. The Bertz CT molecular complexity index is 1140.